The quantitative estimate of drug-likeness (QED) is 0.736. The molecule has 126 valence electrons. The van der Waals surface area contributed by atoms with E-state index in [1.807, 2.05) is 54.6 Å². The molecule has 0 heterocycles. The van der Waals surface area contributed by atoms with Gasteiger partial charge in [-0.25, -0.2) is 9.59 Å². The molecule has 0 saturated heterocycles. The van der Waals surface area contributed by atoms with Gasteiger partial charge >= 0.3 is 12.1 Å². The number of carbonyl (C=O) groups is 2. The summed E-state index contributed by atoms with van der Waals surface area (Å²) >= 11 is 0. The van der Waals surface area contributed by atoms with Gasteiger partial charge in [-0.05, 0) is 28.5 Å². The number of hydrogen-bond donors (Lipinski definition) is 2. The summed E-state index contributed by atoms with van der Waals surface area (Å²) in [6.45, 7) is 0. The Labute approximate surface area is 144 Å². The minimum absolute atomic E-state index is 0.112. The van der Waals surface area contributed by atoms with E-state index in [0.29, 0.717) is 5.69 Å². The van der Waals surface area contributed by atoms with E-state index in [2.05, 4.69) is 5.32 Å². The van der Waals surface area contributed by atoms with Crippen LogP contribution in [0.2, 0.25) is 0 Å². The summed E-state index contributed by atoms with van der Waals surface area (Å²) in [5.41, 5.74) is 1.33. The number of amides is 1. The van der Waals surface area contributed by atoms with Crippen LogP contribution in [0.15, 0.2) is 72.8 Å². The van der Waals surface area contributed by atoms with Gasteiger partial charge in [-0.3, -0.25) is 5.32 Å². The Balaban J connectivity index is 1.67. The molecule has 3 rings (SSSR count). The Hall–Kier alpha value is -3.34. The third kappa shape index (κ3) is 4.35. The SMILES string of the molecule is O=C(Nc1ccc2ccccc2c1)O[C@@H](Cc1ccccc1)C(=O)O. The number of carboxylic acids is 1. The Morgan fingerprint density at radius 1 is 0.920 bits per heavy atom. The summed E-state index contributed by atoms with van der Waals surface area (Å²) in [7, 11) is 0. The topological polar surface area (TPSA) is 75.6 Å². The maximum Gasteiger partial charge on any atom is 0.412 e. The molecule has 1 amide bonds. The van der Waals surface area contributed by atoms with Crippen molar-refractivity contribution >= 4 is 28.5 Å². The number of nitrogens with one attached hydrogen (secondary N) is 1. The number of aliphatic carboxylic acids is 1. The number of carboxylic acid groups (broad SMARTS) is 1. The highest BCUT2D eigenvalue weighted by Crippen LogP contribution is 2.19. The maximum absolute atomic E-state index is 12.1. The van der Waals surface area contributed by atoms with Gasteiger partial charge in [0, 0.05) is 12.1 Å². The number of fused-ring (bicyclic) bond motifs is 1. The Kier molecular flexibility index (Phi) is 4.95. The van der Waals surface area contributed by atoms with Crippen molar-refractivity contribution < 1.29 is 19.4 Å². The predicted octanol–water partition coefficient (Wildman–Crippen LogP) is 4.08. The van der Waals surface area contributed by atoms with Crippen LogP contribution in [0.25, 0.3) is 10.8 Å². The van der Waals surface area contributed by atoms with Crippen molar-refractivity contribution in [3.8, 4) is 0 Å². The number of anilines is 1. The maximum atomic E-state index is 12.1. The lowest BCUT2D eigenvalue weighted by Gasteiger charge is -2.14. The summed E-state index contributed by atoms with van der Waals surface area (Å²) in [5, 5.41) is 13.9. The predicted molar refractivity (Wildman–Crippen MR) is 95.6 cm³/mol. The molecule has 5 nitrogen and oxygen atoms in total. The van der Waals surface area contributed by atoms with Crippen LogP contribution < -0.4 is 5.32 Å². The Morgan fingerprint density at radius 3 is 2.32 bits per heavy atom. The van der Waals surface area contributed by atoms with Gasteiger partial charge in [-0.1, -0.05) is 60.7 Å². The molecule has 0 bridgehead atoms. The van der Waals surface area contributed by atoms with E-state index in [9.17, 15) is 14.7 Å². The molecule has 1 atom stereocenters. The van der Waals surface area contributed by atoms with E-state index >= 15 is 0 Å². The van der Waals surface area contributed by atoms with Crippen LogP contribution in [0.3, 0.4) is 0 Å². The fourth-order valence-electron chi connectivity index (χ4n) is 2.55. The second kappa shape index (κ2) is 7.49. The second-order valence-electron chi connectivity index (χ2n) is 5.61. The highest BCUT2D eigenvalue weighted by Gasteiger charge is 2.22. The molecule has 0 aromatic heterocycles. The van der Waals surface area contributed by atoms with Gasteiger partial charge in [0.2, 0.25) is 6.10 Å². The second-order valence-corrected chi connectivity index (χ2v) is 5.61. The molecule has 0 radical (unpaired) electrons. The summed E-state index contributed by atoms with van der Waals surface area (Å²) in [6, 6.07) is 22.2. The Morgan fingerprint density at radius 2 is 1.60 bits per heavy atom. The van der Waals surface area contributed by atoms with Crippen LogP contribution in [0.4, 0.5) is 10.5 Å². The fraction of sp³-hybridized carbons (Fsp3) is 0.100. The van der Waals surface area contributed by atoms with Gasteiger partial charge in [0.1, 0.15) is 0 Å². The van der Waals surface area contributed by atoms with Gasteiger partial charge < -0.3 is 9.84 Å². The summed E-state index contributed by atoms with van der Waals surface area (Å²) in [5.74, 6) is -1.18. The van der Waals surface area contributed by atoms with E-state index in [1.54, 1.807) is 18.2 Å². The molecule has 3 aromatic carbocycles. The summed E-state index contributed by atoms with van der Waals surface area (Å²) in [4.78, 5) is 23.4. The lowest BCUT2D eigenvalue weighted by Crippen LogP contribution is -2.31. The van der Waals surface area contributed by atoms with E-state index in [1.165, 1.54) is 0 Å². The molecule has 25 heavy (non-hydrogen) atoms. The third-order valence-corrected chi connectivity index (χ3v) is 3.78. The molecule has 0 aliphatic heterocycles. The van der Waals surface area contributed by atoms with Crippen LogP contribution in [-0.2, 0) is 16.0 Å². The number of carbonyl (C=O) groups excluding carboxylic acids is 1. The molecular formula is C20H17NO4. The lowest BCUT2D eigenvalue weighted by molar-refractivity contribution is -0.146. The van der Waals surface area contributed by atoms with E-state index in [-0.39, 0.29) is 6.42 Å². The van der Waals surface area contributed by atoms with Gasteiger partial charge in [-0.2, -0.15) is 0 Å². The minimum atomic E-state index is -1.25. The zero-order valence-corrected chi connectivity index (χ0v) is 13.4. The standard InChI is InChI=1S/C20H17NO4/c22-19(23)18(12-14-6-2-1-3-7-14)25-20(24)21-17-11-10-15-8-4-5-9-16(15)13-17/h1-11,13,18H,12H2,(H,21,24)(H,22,23)/t18-/m0/s1. The highest BCUT2D eigenvalue weighted by molar-refractivity contribution is 5.92. The molecule has 0 fully saturated rings. The highest BCUT2D eigenvalue weighted by atomic mass is 16.6. The van der Waals surface area contributed by atoms with Crippen LogP contribution in [0.5, 0.6) is 0 Å². The zero-order valence-electron chi connectivity index (χ0n) is 13.4. The summed E-state index contributed by atoms with van der Waals surface area (Å²) < 4.78 is 5.08. The molecule has 0 unspecified atom stereocenters. The van der Waals surface area contributed by atoms with Crippen LogP contribution in [0.1, 0.15) is 5.56 Å². The average molecular weight is 335 g/mol. The van der Waals surface area contributed by atoms with E-state index < -0.39 is 18.2 Å². The monoisotopic (exact) mass is 335 g/mol. The van der Waals surface area contributed by atoms with Crippen molar-refractivity contribution in [1.29, 1.82) is 0 Å². The van der Waals surface area contributed by atoms with Gasteiger partial charge in [-0.15, -0.1) is 0 Å². The Bertz CT molecular complexity index is 892. The molecule has 0 aliphatic carbocycles. The molecule has 0 aliphatic rings. The van der Waals surface area contributed by atoms with Gasteiger partial charge in [0.05, 0.1) is 0 Å². The van der Waals surface area contributed by atoms with Crippen molar-refractivity contribution in [2.45, 2.75) is 12.5 Å². The van der Waals surface area contributed by atoms with Crippen LogP contribution in [0, 0.1) is 0 Å². The average Bonchev–Trinajstić information content (AvgIpc) is 2.62. The molecule has 3 aromatic rings. The largest absolute Gasteiger partial charge is 0.478 e. The van der Waals surface area contributed by atoms with Crippen molar-refractivity contribution in [1.82, 2.24) is 0 Å². The lowest BCUT2D eigenvalue weighted by atomic mass is 10.1. The third-order valence-electron chi connectivity index (χ3n) is 3.78. The van der Waals surface area contributed by atoms with Crippen LogP contribution >= 0.6 is 0 Å². The minimum Gasteiger partial charge on any atom is -0.478 e. The molecule has 5 heteroatoms. The smallest absolute Gasteiger partial charge is 0.412 e. The number of ether oxygens (including phenoxy) is 1. The van der Waals surface area contributed by atoms with Gasteiger partial charge in [0.15, 0.2) is 0 Å². The molecule has 0 saturated carbocycles. The first-order valence-electron chi connectivity index (χ1n) is 7.85. The van der Waals surface area contributed by atoms with Crippen molar-refractivity contribution in [3.63, 3.8) is 0 Å². The molecule has 2 N–H and O–H groups in total. The first-order valence-corrected chi connectivity index (χ1v) is 7.85. The van der Waals surface area contributed by atoms with E-state index in [0.717, 1.165) is 16.3 Å². The zero-order chi connectivity index (χ0) is 17.6. The van der Waals surface area contributed by atoms with Crippen molar-refractivity contribution in [3.05, 3.63) is 78.4 Å². The van der Waals surface area contributed by atoms with E-state index in [4.69, 9.17) is 4.74 Å². The number of benzene rings is 3. The van der Waals surface area contributed by atoms with Gasteiger partial charge in [0.25, 0.3) is 0 Å². The molecule has 0 spiro atoms. The first kappa shape index (κ1) is 16.5. The van der Waals surface area contributed by atoms with Crippen molar-refractivity contribution in [2.24, 2.45) is 0 Å². The summed E-state index contributed by atoms with van der Waals surface area (Å²) in [6.07, 6.45) is -1.93. The van der Waals surface area contributed by atoms with Crippen molar-refractivity contribution in [2.75, 3.05) is 5.32 Å². The normalized spacial score (nSPS) is 11.7. The van der Waals surface area contributed by atoms with Crippen LogP contribution in [-0.4, -0.2) is 23.3 Å². The fourth-order valence-corrected chi connectivity index (χ4v) is 2.55. The number of rotatable bonds is 5. The molecular weight excluding hydrogens is 318 g/mol. The first-order chi connectivity index (χ1) is 12.1. The number of hydrogen-bond acceptors (Lipinski definition) is 3.